The summed E-state index contributed by atoms with van der Waals surface area (Å²) in [7, 11) is 1.80. The summed E-state index contributed by atoms with van der Waals surface area (Å²) in [6.45, 7) is 6.34. The summed E-state index contributed by atoms with van der Waals surface area (Å²) >= 11 is 6.72. The molecule has 1 aliphatic heterocycles. The number of nitriles is 1. The van der Waals surface area contributed by atoms with Crippen LogP contribution in [0.5, 0.6) is 11.5 Å². The number of amides is 1. The summed E-state index contributed by atoms with van der Waals surface area (Å²) in [6.07, 6.45) is 3.83. The van der Waals surface area contributed by atoms with E-state index in [0.29, 0.717) is 58.5 Å². The van der Waals surface area contributed by atoms with Crippen LogP contribution in [0.2, 0.25) is 5.02 Å². The van der Waals surface area contributed by atoms with Gasteiger partial charge in [-0.05, 0) is 26.3 Å². The van der Waals surface area contributed by atoms with Gasteiger partial charge in [0, 0.05) is 38.9 Å². The average Bonchev–Trinajstić information content (AvgIpc) is 3.61. The molecule has 1 atom stereocenters. The van der Waals surface area contributed by atoms with Gasteiger partial charge in [-0.3, -0.25) is 9.48 Å². The SMILES string of the molecule is CC(=O)Nc1cc(Oc2cnc3nc(Nc4cc(C(C)(C)C#N)n(C5CCOC5)n4)n(C)c3c2Cl)ccn1. The molecule has 0 radical (unpaired) electrons. The van der Waals surface area contributed by atoms with Crippen molar-refractivity contribution in [2.75, 3.05) is 23.8 Å². The zero-order valence-electron chi connectivity index (χ0n) is 21.3. The monoisotopic (exact) mass is 535 g/mol. The summed E-state index contributed by atoms with van der Waals surface area (Å²) < 4.78 is 15.1. The maximum absolute atomic E-state index is 11.3. The van der Waals surface area contributed by atoms with Crippen molar-refractivity contribution < 1.29 is 14.3 Å². The van der Waals surface area contributed by atoms with E-state index in [2.05, 4.69) is 31.7 Å². The number of ether oxygens (including phenoxy) is 2. The zero-order chi connectivity index (χ0) is 27.0. The van der Waals surface area contributed by atoms with Gasteiger partial charge in [-0.25, -0.2) is 9.97 Å². The van der Waals surface area contributed by atoms with Crippen molar-refractivity contribution in [3.8, 4) is 17.6 Å². The molecule has 5 heterocycles. The first-order valence-corrected chi connectivity index (χ1v) is 12.3. The van der Waals surface area contributed by atoms with Gasteiger partial charge in [0.05, 0.1) is 36.0 Å². The van der Waals surface area contributed by atoms with Crippen LogP contribution in [0.4, 0.5) is 17.6 Å². The van der Waals surface area contributed by atoms with E-state index in [0.717, 1.165) is 12.1 Å². The first-order valence-electron chi connectivity index (χ1n) is 11.9. The number of hydrogen-bond donors (Lipinski definition) is 2. The van der Waals surface area contributed by atoms with E-state index in [1.165, 1.54) is 19.3 Å². The third kappa shape index (κ3) is 4.85. The third-order valence-corrected chi connectivity index (χ3v) is 6.58. The second-order valence-corrected chi connectivity index (χ2v) is 9.88. The van der Waals surface area contributed by atoms with Crippen LogP contribution in [-0.4, -0.2) is 48.4 Å². The number of imidazole rings is 1. The molecule has 38 heavy (non-hydrogen) atoms. The second-order valence-electron chi connectivity index (χ2n) is 9.50. The topological polar surface area (TPSA) is 145 Å². The molecule has 0 spiro atoms. The fourth-order valence-electron chi connectivity index (χ4n) is 4.23. The molecule has 0 bridgehead atoms. The Morgan fingerprint density at radius 1 is 1.32 bits per heavy atom. The minimum absolute atomic E-state index is 0.0591. The fraction of sp³-hybridized carbons (Fsp3) is 0.360. The van der Waals surface area contributed by atoms with Crippen molar-refractivity contribution in [1.29, 1.82) is 5.26 Å². The van der Waals surface area contributed by atoms with Gasteiger partial charge in [0.25, 0.3) is 0 Å². The molecule has 12 nitrogen and oxygen atoms in total. The number of nitrogens with one attached hydrogen (secondary N) is 2. The van der Waals surface area contributed by atoms with Gasteiger partial charge in [-0.2, -0.15) is 15.3 Å². The Kier molecular flexibility index (Phi) is 6.64. The van der Waals surface area contributed by atoms with Crippen molar-refractivity contribution in [2.45, 2.75) is 38.6 Å². The van der Waals surface area contributed by atoms with Gasteiger partial charge in [0.1, 0.15) is 22.1 Å². The van der Waals surface area contributed by atoms with Crippen molar-refractivity contribution in [3.05, 3.63) is 41.3 Å². The minimum Gasteiger partial charge on any atom is -0.454 e. The number of fused-ring (bicyclic) bond motifs is 1. The molecule has 0 aromatic carbocycles. The number of aryl methyl sites for hydroxylation is 1. The fourth-order valence-corrected chi connectivity index (χ4v) is 4.53. The van der Waals surface area contributed by atoms with Gasteiger partial charge in [-0.15, -0.1) is 0 Å². The number of nitrogens with zero attached hydrogens (tertiary/aromatic N) is 7. The number of carbonyl (C=O) groups excluding carboxylic acids is 1. The molecule has 2 N–H and O–H groups in total. The zero-order valence-corrected chi connectivity index (χ0v) is 22.1. The van der Waals surface area contributed by atoms with Crippen molar-refractivity contribution in [3.63, 3.8) is 0 Å². The highest BCUT2D eigenvalue weighted by Crippen LogP contribution is 2.36. The number of rotatable bonds is 7. The highest BCUT2D eigenvalue weighted by molar-refractivity contribution is 6.36. The van der Waals surface area contributed by atoms with E-state index in [-0.39, 0.29) is 11.9 Å². The van der Waals surface area contributed by atoms with Gasteiger partial charge < -0.3 is 24.7 Å². The number of aromatic nitrogens is 6. The smallest absolute Gasteiger partial charge is 0.222 e. The predicted molar refractivity (Wildman–Crippen MR) is 141 cm³/mol. The van der Waals surface area contributed by atoms with Crippen LogP contribution >= 0.6 is 11.6 Å². The Morgan fingerprint density at radius 3 is 2.84 bits per heavy atom. The lowest BCUT2D eigenvalue weighted by Gasteiger charge is -2.20. The molecule has 1 unspecified atom stereocenters. The molecule has 1 amide bonds. The lowest BCUT2D eigenvalue weighted by atomic mass is 9.91. The van der Waals surface area contributed by atoms with Crippen LogP contribution in [-0.2, 0) is 22.0 Å². The lowest BCUT2D eigenvalue weighted by Crippen LogP contribution is -2.23. The van der Waals surface area contributed by atoms with Crippen molar-refractivity contribution in [2.24, 2.45) is 7.05 Å². The number of anilines is 3. The molecular weight excluding hydrogens is 510 g/mol. The number of hydrogen-bond acceptors (Lipinski definition) is 9. The van der Waals surface area contributed by atoms with E-state index < -0.39 is 5.41 Å². The first kappa shape index (κ1) is 25.4. The Labute approximate surface area is 223 Å². The Morgan fingerprint density at radius 2 is 2.13 bits per heavy atom. The van der Waals surface area contributed by atoms with Crippen LogP contribution in [0.15, 0.2) is 30.6 Å². The van der Waals surface area contributed by atoms with Gasteiger partial charge >= 0.3 is 0 Å². The molecule has 0 aliphatic carbocycles. The van der Waals surface area contributed by atoms with E-state index >= 15 is 0 Å². The molecule has 0 saturated carbocycles. The molecule has 4 aromatic rings. The minimum atomic E-state index is -0.744. The van der Waals surface area contributed by atoms with Crippen molar-refractivity contribution >= 4 is 46.3 Å². The summed E-state index contributed by atoms with van der Waals surface area (Å²) in [5.41, 5.74) is 1.02. The van der Waals surface area contributed by atoms with Crippen molar-refractivity contribution in [1.82, 2.24) is 29.3 Å². The number of halogens is 1. The summed E-state index contributed by atoms with van der Waals surface area (Å²) in [4.78, 5) is 24.4. The first-order chi connectivity index (χ1) is 18.2. The Bertz CT molecular complexity index is 1560. The molecule has 5 rings (SSSR count). The number of pyridine rings is 2. The number of carbonyl (C=O) groups is 1. The van der Waals surface area contributed by atoms with Crippen LogP contribution in [0.1, 0.15) is 38.9 Å². The normalized spacial score (nSPS) is 15.4. The predicted octanol–water partition coefficient (Wildman–Crippen LogP) is 4.47. The highest BCUT2D eigenvalue weighted by Gasteiger charge is 2.31. The molecular formula is C25H26ClN9O3. The van der Waals surface area contributed by atoms with Crippen LogP contribution in [0.3, 0.4) is 0 Å². The van der Waals surface area contributed by atoms with E-state index in [4.69, 9.17) is 26.2 Å². The third-order valence-electron chi connectivity index (χ3n) is 6.22. The second kappa shape index (κ2) is 9.92. The van der Waals surface area contributed by atoms with Crippen LogP contribution < -0.4 is 15.4 Å². The highest BCUT2D eigenvalue weighted by atomic mass is 35.5. The van der Waals surface area contributed by atoms with Crippen LogP contribution in [0, 0.1) is 11.3 Å². The van der Waals surface area contributed by atoms with E-state index in [1.807, 2.05) is 24.6 Å². The summed E-state index contributed by atoms with van der Waals surface area (Å²) in [5.74, 6) is 1.88. The van der Waals surface area contributed by atoms with Gasteiger partial charge in [0.15, 0.2) is 17.2 Å². The maximum Gasteiger partial charge on any atom is 0.222 e. The Balaban J connectivity index is 1.45. The van der Waals surface area contributed by atoms with Gasteiger partial charge in [0.2, 0.25) is 11.9 Å². The average molecular weight is 536 g/mol. The van der Waals surface area contributed by atoms with Gasteiger partial charge in [-0.1, -0.05) is 11.6 Å². The standard InChI is InChI=1S/C25H26ClN9O3/c1-14(36)30-19-9-16(5-7-28-19)38-17-11-29-23-22(21(17)26)34(4)24(32-23)31-20-10-18(25(2,3)13-27)35(33-20)15-6-8-37-12-15/h5,7,9-11,15H,6,8,12H2,1-4H3,(H,28,30,36)(H,29,31,32,33). The van der Waals surface area contributed by atoms with Crippen LogP contribution in [0.25, 0.3) is 11.2 Å². The van der Waals surface area contributed by atoms with E-state index in [9.17, 15) is 10.1 Å². The molecule has 196 valence electrons. The molecule has 13 heteroatoms. The molecule has 1 saturated heterocycles. The Hall–Kier alpha value is -4.21. The molecule has 1 aliphatic rings. The summed E-state index contributed by atoms with van der Waals surface area (Å²) in [6, 6.07) is 7.52. The maximum atomic E-state index is 11.3. The quantitative estimate of drug-likeness (QED) is 0.350. The molecule has 4 aromatic heterocycles. The lowest BCUT2D eigenvalue weighted by molar-refractivity contribution is -0.114. The molecule has 1 fully saturated rings. The van der Waals surface area contributed by atoms with E-state index in [1.54, 1.807) is 23.7 Å². The largest absolute Gasteiger partial charge is 0.454 e. The summed E-state index contributed by atoms with van der Waals surface area (Å²) in [5, 5.41) is 20.7.